The molecule has 0 amide bonds. The molecule has 0 aromatic rings. The van der Waals surface area contributed by atoms with E-state index in [4.69, 9.17) is 7.12 Å². The Bertz CT molecular complexity index is 12.8. The molecule has 0 fully saturated rings. The van der Waals surface area contributed by atoms with E-state index in [-0.39, 0.29) is 0 Å². The fraction of sp³-hybridized carbons (Fsp3) is 1.00. The third-order valence-electron chi connectivity index (χ3n) is 0.118. The van der Waals surface area contributed by atoms with Gasteiger partial charge in [-0.2, -0.15) is 0 Å². The molecule has 1 unspecified atom stereocenters. The Morgan fingerprint density at radius 3 is 1.67 bits per heavy atom. The second-order valence-corrected chi connectivity index (χ2v) is 2.90. The Hall–Kier alpha value is 0.845. The molecule has 0 N–H and O–H groups in total. The molecule has 6 heavy (non-hydrogen) atoms. The van der Waals surface area contributed by atoms with Crippen LogP contribution in [0.5, 0.6) is 0 Å². The van der Waals surface area contributed by atoms with Gasteiger partial charge >= 0.3 is 0 Å². The first-order valence-corrected chi connectivity index (χ1v) is 5.04. The van der Waals surface area contributed by atoms with E-state index in [1.54, 1.807) is 0 Å². The van der Waals surface area contributed by atoms with Crippen molar-refractivity contribution in [3.63, 3.8) is 0 Å². The van der Waals surface area contributed by atoms with E-state index in [1.807, 2.05) is 20.5 Å². The summed E-state index contributed by atoms with van der Waals surface area (Å²) in [6.45, 7) is 6.05. The molecule has 0 aliphatic rings. The van der Waals surface area contributed by atoms with Crippen molar-refractivity contribution in [3.05, 3.63) is 0 Å². The third kappa shape index (κ3) is 21.0. The lowest BCUT2D eigenvalue weighted by Crippen LogP contribution is -1.28. The lowest BCUT2D eigenvalue weighted by molar-refractivity contribution is 1.50. The van der Waals surface area contributed by atoms with Gasteiger partial charge in [0.2, 0.25) is 0 Å². The van der Waals surface area contributed by atoms with Crippen molar-refractivity contribution in [2.24, 2.45) is 0 Å². The van der Waals surface area contributed by atoms with Gasteiger partial charge in [-0.3, -0.25) is 0 Å². The van der Waals surface area contributed by atoms with Crippen LogP contribution in [0.2, 0.25) is 0 Å². The van der Waals surface area contributed by atoms with Crippen LogP contribution in [0.15, 0.2) is 0 Å². The minimum Gasteiger partial charge on any atom is -0.203 e. The fourth-order valence-corrected chi connectivity index (χ4v) is 0. The molecule has 0 aliphatic carbocycles. The maximum absolute atomic E-state index is 4.96. The van der Waals surface area contributed by atoms with Gasteiger partial charge in [0.25, 0.3) is 0 Å². The van der Waals surface area contributed by atoms with Crippen molar-refractivity contribution in [2.45, 2.75) is 13.8 Å². The average molecular weight is 120 g/mol. The number of hydrogen-bond acceptors (Lipinski definition) is 1. The van der Waals surface area contributed by atoms with Gasteiger partial charge in [-0.25, -0.2) is 11.2 Å². The topological polar surface area (TPSA) is 0 Å². The molecule has 0 aliphatic heterocycles. The van der Waals surface area contributed by atoms with E-state index in [1.165, 1.54) is 11.2 Å². The monoisotopic (exact) mass is 120 g/mol. The molecular formula is C3H10BPS. The van der Waals surface area contributed by atoms with Crippen LogP contribution < -0.4 is 0 Å². The van der Waals surface area contributed by atoms with Crippen LogP contribution in [-0.4, -0.2) is 13.8 Å². The summed E-state index contributed by atoms with van der Waals surface area (Å²) in [5.41, 5.74) is 0. The predicted molar refractivity (Wildman–Crippen MR) is 38.9 cm³/mol. The van der Waals surface area contributed by atoms with Crippen LogP contribution in [0, 0.1) is 0 Å². The molecule has 0 aromatic heterocycles. The Kier molecular flexibility index (Phi) is 28.1. The van der Waals surface area contributed by atoms with E-state index >= 15 is 0 Å². The maximum Gasteiger partial charge on any atom is 0.167 e. The maximum atomic E-state index is 4.96. The Morgan fingerprint density at radius 1 is 1.50 bits per heavy atom. The van der Waals surface area contributed by atoms with Crippen molar-refractivity contribution in [2.75, 3.05) is 6.66 Å². The van der Waals surface area contributed by atoms with Crippen LogP contribution in [0.3, 0.4) is 0 Å². The highest BCUT2D eigenvalue weighted by molar-refractivity contribution is 8.60. The molecule has 2 radical (unpaired) electrons. The van der Waals surface area contributed by atoms with Crippen LogP contribution in [0.1, 0.15) is 13.8 Å². The van der Waals surface area contributed by atoms with Gasteiger partial charge in [-0.05, 0) is 6.66 Å². The minimum atomic E-state index is 0.835. The zero-order chi connectivity index (χ0) is 5.41. The molecule has 0 aromatic carbocycles. The summed E-state index contributed by atoms with van der Waals surface area (Å²) in [7, 11) is 5.79. The molecule has 0 heterocycles. The summed E-state index contributed by atoms with van der Waals surface area (Å²) >= 11 is 1.38. The second kappa shape index (κ2) is 17.0. The Labute approximate surface area is 47.3 Å². The highest BCUT2D eigenvalue weighted by Gasteiger charge is 1.54. The highest BCUT2D eigenvalue weighted by Crippen LogP contribution is 2.17. The summed E-state index contributed by atoms with van der Waals surface area (Å²) in [5, 5.41) is 0. The molecular weight excluding hydrogens is 110 g/mol. The largest absolute Gasteiger partial charge is 0.203 e. The summed E-state index contributed by atoms with van der Waals surface area (Å²) in [6, 6.07) is 0. The van der Waals surface area contributed by atoms with E-state index in [0.717, 1.165) is 7.78 Å². The van der Waals surface area contributed by atoms with Gasteiger partial charge in [0, 0.05) is 0 Å². The molecule has 0 bridgehead atoms. The van der Waals surface area contributed by atoms with Crippen LogP contribution in [0.25, 0.3) is 0 Å². The van der Waals surface area contributed by atoms with Crippen molar-refractivity contribution in [1.29, 1.82) is 0 Å². The van der Waals surface area contributed by atoms with Crippen LogP contribution in [0.4, 0.5) is 0 Å². The molecule has 0 rings (SSSR count). The predicted octanol–water partition coefficient (Wildman–Crippen LogP) is 2.05. The Morgan fingerprint density at radius 2 is 1.67 bits per heavy atom. The zero-order valence-electron chi connectivity index (χ0n) is 4.49. The van der Waals surface area contributed by atoms with Crippen molar-refractivity contribution in [1.82, 2.24) is 0 Å². The lowest BCUT2D eigenvalue weighted by atomic mass is 10.8. The number of hydrogen-bond donors (Lipinski definition) is 0. The summed E-state index contributed by atoms with van der Waals surface area (Å²) in [6.07, 6.45) is 0. The quantitative estimate of drug-likeness (QED) is 0.377. The first-order chi connectivity index (χ1) is 2.91. The van der Waals surface area contributed by atoms with Gasteiger partial charge in [0.15, 0.2) is 7.12 Å². The van der Waals surface area contributed by atoms with Crippen LogP contribution >= 0.6 is 19.0 Å². The van der Waals surface area contributed by atoms with Crippen molar-refractivity contribution in [3.8, 4) is 0 Å². The van der Waals surface area contributed by atoms with E-state index in [9.17, 15) is 0 Å². The SMILES string of the molecule is CC.[B]SPC. The summed E-state index contributed by atoms with van der Waals surface area (Å²) < 4.78 is 0. The van der Waals surface area contributed by atoms with Gasteiger partial charge in [-0.1, -0.05) is 21.6 Å². The lowest BCUT2D eigenvalue weighted by Gasteiger charge is -1.71. The van der Waals surface area contributed by atoms with E-state index in [0.29, 0.717) is 0 Å². The highest BCUT2D eigenvalue weighted by atomic mass is 32.7. The molecule has 0 spiro atoms. The third-order valence-corrected chi connectivity index (χ3v) is 1.06. The van der Waals surface area contributed by atoms with Gasteiger partial charge in [0.1, 0.15) is 0 Å². The smallest absolute Gasteiger partial charge is 0.167 e. The fourth-order valence-electron chi connectivity index (χ4n) is 0. The van der Waals surface area contributed by atoms with Crippen LogP contribution in [-0.2, 0) is 0 Å². The molecule has 1 atom stereocenters. The summed E-state index contributed by atoms with van der Waals surface area (Å²) in [5.74, 6) is 0. The molecule has 3 heteroatoms. The average Bonchev–Trinajstić information content (AvgIpc) is 1.72. The summed E-state index contributed by atoms with van der Waals surface area (Å²) in [4.78, 5) is 0. The zero-order valence-corrected chi connectivity index (χ0v) is 6.30. The minimum absolute atomic E-state index is 0.835. The normalized spacial score (nSPS) is 7.83. The Balaban J connectivity index is 0. The van der Waals surface area contributed by atoms with Gasteiger partial charge in [0.05, 0.1) is 0 Å². The van der Waals surface area contributed by atoms with Gasteiger partial charge < -0.3 is 0 Å². The first kappa shape index (κ1) is 9.96. The van der Waals surface area contributed by atoms with E-state index in [2.05, 4.69) is 0 Å². The molecule has 0 saturated carbocycles. The number of rotatable bonds is 1. The molecule has 0 saturated heterocycles. The standard InChI is InChI=1S/C2H6.CH4BPS/c1-2;1-3-4-2/h1-2H3;3H,1H3. The van der Waals surface area contributed by atoms with Crippen molar-refractivity contribution < 1.29 is 0 Å². The first-order valence-electron chi connectivity index (χ1n) is 1.94. The van der Waals surface area contributed by atoms with E-state index < -0.39 is 0 Å². The van der Waals surface area contributed by atoms with Crippen molar-refractivity contribution >= 4 is 26.1 Å². The molecule has 36 valence electrons. The second-order valence-electron chi connectivity index (χ2n) is 0.322. The van der Waals surface area contributed by atoms with Gasteiger partial charge in [-0.15, -0.1) is 0 Å². The molecule has 0 nitrogen and oxygen atoms in total.